The first-order chi connectivity index (χ1) is 8.46. The van der Waals surface area contributed by atoms with Crippen LogP contribution >= 0.6 is 0 Å². The summed E-state index contributed by atoms with van der Waals surface area (Å²) in [6.45, 7) is 7.12. The van der Waals surface area contributed by atoms with E-state index in [4.69, 9.17) is 4.74 Å². The third-order valence-corrected chi connectivity index (χ3v) is 3.29. The number of hydrogen-bond acceptors (Lipinski definition) is 3. The summed E-state index contributed by atoms with van der Waals surface area (Å²) in [7, 11) is 0. The van der Waals surface area contributed by atoms with E-state index in [1.54, 1.807) is 17.0 Å². The van der Waals surface area contributed by atoms with E-state index in [0.717, 1.165) is 5.69 Å². The van der Waals surface area contributed by atoms with Gasteiger partial charge in [-0.05, 0) is 33.6 Å². The van der Waals surface area contributed by atoms with Gasteiger partial charge in [-0.1, -0.05) is 6.42 Å². The van der Waals surface area contributed by atoms with Crippen molar-refractivity contribution in [1.29, 1.82) is 0 Å². The number of nitrogens with zero attached hydrogens (tertiary/aromatic N) is 2. The number of rotatable bonds is 4. The lowest BCUT2D eigenvalue weighted by Crippen LogP contribution is -2.27. The van der Waals surface area contributed by atoms with Gasteiger partial charge in [0.15, 0.2) is 0 Å². The van der Waals surface area contributed by atoms with E-state index in [2.05, 4.69) is 4.98 Å². The van der Waals surface area contributed by atoms with Crippen molar-refractivity contribution < 1.29 is 4.74 Å². The molecular weight excluding hydrogens is 228 g/mol. The zero-order valence-electron chi connectivity index (χ0n) is 11.5. The Morgan fingerprint density at radius 3 is 2.67 bits per heavy atom. The van der Waals surface area contributed by atoms with Crippen LogP contribution in [-0.4, -0.2) is 21.8 Å². The van der Waals surface area contributed by atoms with Crippen molar-refractivity contribution in [2.24, 2.45) is 0 Å². The molecule has 1 saturated carbocycles. The van der Waals surface area contributed by atoms with Crippen molar-refractivity contribution in [2.75, 3.05) is 6.61 Å². The third kappa shape index (κ3) is 3.42. The van der Waals surface area contributed by atoms with E-state index in [0.29, 0.717) is 19.1 Å². The molecule has 0 spiro atoms. The average Bonchev–Trinajstić information content (AvgIpc) is 2.17. The van der Waals surface area contributed by atoms with Crippen LogP contribution in [0.5, 0.6) is 0 Å². The lowest BCUT2D eigenvalue weighted by atomic mass is 9.83. The minimum Gasteiger partial charge on any atom is -0.374 e. The molecule has 0 radical (unpaired) electrons. The molecule has 1 heterocycles. The van der Waals surface area contributed by atoms with Crippen LogP contribution in [0.25, 0.3) is 0 Å². The fourth-order valence-corrected chi connectivity index (χ4v) is 1.99. The van der Waals surface area contributed by atoms with Gasteiger partial charge in [0.1, 0.15) is 0 Å². The van der Waals surface area contributed by atoms with Crippen LogP contribution in [0.3, 0.4) is 0 Å². The molecule has 0 atom stereocenters. The molecule has 1 aromatic rings. The molecule has 4 nitrogen and oxygen atoms in total. The maximum atomic E-state index is 11.9. The topological polar surface area (TPSA) is 44.1 Å². The maximum absolute atomic E-state index is 11.9. The zero-order chi connectivity index (χ0) is 13.2. The monoisotopic (exact) mass is 250 g/mol. The Morgan fingerprint density at radius 2 is 2.17 bits per heavy atom. The molecule has 18 heavy (non-hydrogen) atoms. The second kappa shape index (κ2) is 5.22. The lowest BCUT2D eigenvalue weighted by Gasteiger charge is -2.24. The zero-order valence-corrected chi connectivity index (χ0v) is 11.5. The third-order valence-electron chi connectivity index (χ3n) is 3.29. The molecule has 100 valence electrons. The first-order valence-corrected chi connectivity index (χ1v) is 6.66. The van der Waals surface area contributed by atoms with Gasteiger partial charge in [0.2, 0.25) is 0 Å². The van der Waals surface area contributed by atoms with E-state index in [-0.39, 0.29) is 11.2 Å². The Kier molecular flexibility index (Phi) is 3.85. The van der Waals surface area contributed by atoms with Crippen LogP contribution in [-0.2, 0) is 11.3 Å². The summed E-state index contributed by atoms with van der Waals surface area (Å²) in [4.78, 5) is 16.3. The molecule has 1 aromatic heterocycles. The Morgan fingerprint density at radius 1 is 1.44 bits per heavy atom. The normalized spacial score (nSPS) is 16.6. The Balaban J connectivity index is 1.95. The molecule has 2 rings (SSSR count). The van der Waals surface area contributed by atoms with Gasteiger partial charge in [-0.2, -0.15) is 0 Å². The van der Waals surface area contributed by atoms with Crippen molar-refractivity contribution in [2.45, 2.75) is 58.1 Å². The quantitative estimate of drug-likeness (QED) is 0.823. The molecule has 0 unspecified atom stereocenters. The van der Waals surface area contributed by atoms with E-state index < -0.39 is 0 Å². The Hall–Kier alpha value is -1.16. The van der Waals surface area contributed by atoms with E-state index in [1.807, 2.05) is 20.8 Å². The van der Waals surface area contributed by atoms with E-state index in [9.17, 15) is 4.79 Å². The van der Waals surface area contributed by atoms with Crippen molar-refractivity contribution >= 4 is 0 Å². The largest absolute Gasteiger partial charge is 0.374 e. The number of hydrogen-bond donors (Lipinski definition) is 0. The lowest BCUT2D eigenvalue weighted by molar-refractivity contribution is -0.00723. The highest BCUT2D eigenvalue weighted by molar-refractivity contribution is 5.09. The van der Waals surface area contributed by atoms with Crippen LogP contribution in [0.1, 0.15) is 51.6 Å². The van der Waals surface area contributed by atoms with Gasteiger partial charge in [-0.3, -0.25) is 9.36 Å². The second-order valence-corrected chi connectivity index (χ2v) is 5.93. The van der Waals surface area contributed by atoms with Crippen LogP contribution in [0.2, 0.25) is 0 Å². The standard InChI is InChI=1S/C14H22N2O2/c1-14(2,3)18-8-7-16-10-15-12(9-13(16)17)11-5-4-6-11/h9-11H,4-8H2,1-3H3. The molecular formula is C14H22N2O2. The summed E-state index contributed by atoms with van der Waals surface area (Å²) in [5.41, 5.74) is 0.826. The summed E-state index contributed by atoms with van der Waals surface area (Å²) in [5.74, 6) is 0.512. The van der Waals surface area contributed by atoms with Gasteiger partial charge >= 0.3 is 0 Å². The minimum absolute atomic E-state index is 0.0319. The van der Waals surface area contributed by atoms with Gasteiger partial charge in [0.25, 0.3) is 5.56 Å². The van der Waals surface area contributed by atoms with Crippen molar-refractivity contribution in [3.63, 3.8) is 0 Å². The van der Waals surface area contributed by atoms with Crippen LogP contribution in [0, 0.1) is 0 Å². The molecule has 0 saturated heterocycles. The number of aromatic nitrogens is 2. The number of ether oxygens (including phenoxy) is 1. The fourth-order valence-electron chi connectivity index (χ4n) is 1.99. The van der Waals surface area contributed by atoms with Gasteiger partial charge in [-0.15, -0.1) is 0 Å². The van der Waals surface area contributed by atoms with Crippen molar-refractivity contribution in [3.8, 4) is 0 Å². The average molecular weight is 250 g/mol. The first kappa shape index (κ1) is 13.3. The van der Waals surface area contributed by atoms with Crippen LogP contribution in [0.4, 0.5) is 0 Å². The van der Waals surface area contributed by atoms with E-state index in [1.165, 1.54) is 19.3 Å². The maximum Gasteiger partial charge on any atom is 0.253 e. The molecule has 1 aliphatic rings. The van der Waals surface area contributed by atoms with Gasteiger partial charge in [0, 0.05) is 12.0 Å². The SMILES string of the molecule is CC(C)(C)OCCn1cnc(C2CCC2)cc1=O. The molecule has 0 N–H and O–H groups in total. The van der Waals surface area contributed by atoms with Gasteiger partial charge in [-0.25, -0.2) is 4.98 Å². The van der Waals surface area contributed by atoms with Gasteiger partial charge in [0.05, 0.1) is 30.8 Å². The minimum atomic E-state index is -0.164. The summed E-state index contributed by atoms with van der Waals surface area (Å²) in [6, 6.07) is 1.68. The highest BCUT2D eigenvalue weighted by atomic mass is 16.5. The van der Waals surface area contributed by atoms with Crippen molar-refractivity contribution in [3.05, 3.63) is 28.4 Å². The summed E-state index contributed by atoms with van der Waals surface area (Å²) >= 11 is 0. The van der Waals surface area contributed by atoms with Crippen LogP contribution in [0.15, 0.2) is 17.2 Å². The molecule has 0 bridgehead atoms. The fraction of sp³-hybridized carbons (Fsp3) is 0.714. The highest BCUT2D eigenvalue weighted by Crippen LogP contribution is 2.34. The Bertz CT molecular complexity index is 456. The highest BCUT2D eigenvalue weighted by Gasteiger charge is 2.21. The predicted octanol–water partition coefficient (Wildman–Crippen LogP) is 2.33. The summed E-state index contributed by atoms with van der Waals surface area (Å²) in [6.07, 6.45) is 5.25. The molecule has 1 aliphatic carbocycles. The summed E-state index contributed by atoms with van der Waals surface area (Å²) < 4.78 is 7.23. The molecule has 0 aromatic carbocycles. The molecule has 4 heteroatoms. The molecule has 1 fully saturated rings. The molecule has 0 amide bonds. The van der Waals surface area contributed by atoms with Crippen LogP contribution < -0.4 is 5.56 Å². The predicted molar refractivity (Wildman–Crippen MR) is 70.8 cm³/mol. The van der Waals surface area contributed by atoms with Gasteiger partial charge < -0.3 is 4.74 Å². The first-order valence-electron chi connectivity index (χ1n) is 6.66. The molecule has 0 aliphatic heterocycles. The smallest absolute Gasteiger partial charge is 0.253 e. The van der Waals surface area contributed by atoms with E-state index >= 15 is 0 Å². The summed E-state index contributed by atoms with van der Waals surface area (Å²) in [5, 5.41) is 0. The van der Waals surface area contributed by atoms with Crippen molar-refractivity contribution in [1.82, 2.24) is 9.55 Å². The Labute approximate surface area is 108 Å². The second-order valence-electron chi connectivity index (χ2n) is 5.93.